The van der Waals surface area contributed by atoms with Crippen molar-refractivity contribution in [3.05, 3.63) is 72.3 Å². The molecular weight excluding hydrogens is 504 g/mol. The van der Waals surface area contributed by atoms with E-state index in [1.165, 1.54) is 6.26 Å². The Balaban J connectivity index is 1.41. The molecule has 0 spiro atoms. The average molecular weight is 537 g/mol. The smallest absolute Gasteiger partial charge is 0.162 e. The lowest BCUT2D eigenvalue weighted by Gasteiger charge is -2.13. The topological polar surface area (TPSA) is 126 Å². The molecule has 1 heterocycles. The standard InChI is InChI=1S/C28H32N4O5S/c1-35-25-18-24-23(17-26(25)36-15-6-13-30-14-16-38(2,33)34)27(29)32-28(31-24)21-9-11-22(12-10-21)37-19-20-7-4-3-5-8-20/h3-5,7-12,17-18,30H,6,13-16,19H2,1-2H3,(H2,29,31,32). The lowest BCUT2D eigenvalue weighted by Crippen LogP contribution is -2.24. The summed E-state index contributed by atoms with van der Waals surface area (Å²) in [6.45, 7) is 1.96. The first-order chi connectivity index (χ1) is 18.3. The van der Waals surface area contributed by atoms with Crippen LogP contribution in [0.2, 0.25) is 0 Å². The van der Waals surface area contributed by atoms with Gasteiger partial charge in [-0.05, 0) is 48.9 Å². The van der Waals surface area contributed by atoms with Crippen molar-refractivity contribution in [1.82, 2.24) is 15.3 Å². The number of hydrogen-bond donors (Lipinski definition) is 2. The monoisotopic (exact) mass is 536 g/mol. The summed E-state index contributed by atoms with van der Waals surface area (Å²) in [5, 5.41) is 3.76. The number of nitrogens with zero attached hydrogens (tertiary/aromatic N) is 2. The van der Waals surface area contributed by atoms with Crippen molar-refractivity contribution < 1.29 is 22.6 Å². The maximum Gasteiger partial charge on any atom is 0.162 e. The summed E-state index contributed by atoms with van der Waals surface area (Å²) >= 11 is 0. The van der Waals surface area contributed by atoms with Crippen LogP contribution in [0.15, 0.2) is 66.7 Å². The molecular formula is C28H32N4O5S. The molecule has 0 aliphatic rings. The van der Waals surface area contributed by atoms with Crippen LogP contribution in [0.1, 0.15) is 12.0 Å². The van der Waals surface area contributed by atoms with Crippen LogP contribution in [0.3, 0.4) is 0 Å². The lowest BCUT2D eigenvalue weighted by atomic mass is 10.1. The fraction of sp³-hybridized carbons (Fsp3) is 0.286. The molecule has 1 aromatic heterocycles. The molecule has 4 rings (SSSR count). The van der Waals surface area contributed by atoms with Crippen LogP contribution in [-0.4, -0.2) is 57.2 Å². The Morgan fingerprint density at radius 2 is 1.68 bits per heavy atom. The molecule has 0 unspecified atom stereocenters. The largest absolute Gasteiger partial charge is 0.493 e. The number of anilines is 1. The number of sulfone groups is 1. The van der Waals surface area contributed by atoms with Crippen LogP contribution in [0.4, 0.5) is 5.82 Å². The second kappa shape index (κ2) is 12.6. The minimum Gasteiger partial charge on any atom is -0.493 e. The van der Waals surface area contributed by atoms with Crippen LogP contribution < -0.4 is 25.3 Å². The van der Waals surface area contributed by atoms with Gasteiger partial charge in [-0.2, -0.15) is 0 Å². The first kappa shape index (κ1) is 27.2. The summed E-state index contributed by atoms with van der Waals surface area (Å²) in [5.41, 5.74) is 8.86. The molecule has 0 bridgehead atoms. The number of rotatable bonds is 13. The second-order valence-electron chi connectivity index (χ2n) is 8.83. The number of fused-ring (bicyclic) bond motifs is 1. The minimum atomic E-state index is -2.97. The number of ether oxygens (including phenoxy) is 3. The van der Waals surface area contributed by atoms with E-state index in [0.717, 1.165) is 16.9 Å². The predicted octanol–water partition coefficient (Wildman–Crippen LogP) is 3.87. The first-order valence-electron chi connectivity index (χ1n) is 12.3. The molecule has 0 atom stereocenters. The van der Waals surface area contributed by atoms with E-state index in [2.05, 4.69) is 10.3 Å². The van der Waals surface area contributed by atoms with E-state index in [1.807, 2.05) is 54.6 Å². The third-order valence-electron chi connectivity index (χ3n) is 5.78. The summed E-state index contributed by atoms with van der Waals surface area (Å²) in [6, 6.07) is 21.1. The van der Waals surface area contributed by atoms with Gasteiger partial charge >= 0.3 is 0 Å². The van der Waals surface area contributed by atoms with E-state index in [0.29, 0.717) is 66.8 Å². The fourth-order valence-electron chi connectivity index (χ4n) is 3.76. The summed E-state index contributed by atoms with van der Waals surface area (Å²) in [6.07, 6.45) is 1.92. The van der Waals surface area contributed by atoms with Gasteiger partial charge < -0.3 is 25.3 Å². The number of aromatic nitrogens is 2. The molecule has 10 heteroatoms. The molecule has 9 nitrogen and oxygen atoms in total. The molecule has 0 saturated heterocycles. The molecule has 38 heavy (non-hydrogen) atoms. The lowest BCUT2D eigenvalue weighted by molar-refractivity contribution is 0.288. The van der Waals surface area contributed by atoms with Crippen molar-refractivity contribution in [2.24, 2.45) is 0 Å². The molecule has 0 radical (unpaired) electrons. The normalized spacial score (nSPS) is 11.4. The highest BCUT2D eigenvalue weighted by Gasteiger charge is 2.13. The molecule has 0 aliphatic carbocycles. The van der Waals surface area contributed by atoms with Crippen molar-refractivity contribution in [2.75, 3.05) is 44.5 Å². The number of methoxy groups -OCH3 is 1. The van der Waals surface area contributed by atoms with Crippen molar-refractivity contribution >= 4 is 26.6 Å². The molecule has 0 fully saturated rings. The number of nitrogens with two attached hydrogens (primary N) is 1. The van der Waals surface area contributed by atoms with Gasteiger partial charge in [-0.1, -0.05) is 30.3 Å². The molecule has 0 saturated carbocycles. The van der Waals surface area contributed by atoms with Gasteiger partial charge in [0.1, 0.15) is 28.0 Å². The van der Waals surface area contributed by atoms with Crippen molar-refractivity contribution in [3.63, 3.8) is 0 Å². The Kier molecular flexibility index (Phi) is 8.98. The van der Waals surface area contributed by atoms with Gasteiger partial charge in [0.25, 0.3) is 0 Å². The van der Waals surface area contributed by atoms with Crippen LogP contribution in [0, 0.1) is 0 Å². The van der Waals surface area contributed by atoms with Crippen LogP contribution >= 0.6 is 0 Å². The molecule has 200 valence electrons. The quantitative estimate of drug-likeness (QED) is 0.245. The Labute approximate surface area is 222 Å². The Hall–Kier alpha value is -3.89. The van der Waals surface area contributed by atoms with Crippen LogP contribution in [-0.2, 0) is 16.4 Å². The highest BCUT2D eigenvalue weighted by molar-refractivity contribution is 7.90. The van der Waals surface area contributed by atoms with E-state index in [-0.39, 0.29) is 5.75 Å². The number of hydrogen-bond acceptors (Lipinski definition) is 9. The molecule has 4 aromatic rings. The highest BCUT2D eigenvalue weighted by Crippen LogP contribution is 2.35. The van der Waals surface area contributed by atoms with Crippen molar-refractivity contribution in [1.29, 1.82) is 0 Å². The van der Waals surface area contributed by atoms with Crippen LogP contribution in [0.5, 0.6) is 17.2 Å². The Morgan fingerprint density at radius 3 is 2.39 bits per heavy atom. The summed E-state index contributed by atoms with van der Waals surface area (Å²) < 4.78 is 39.7. The Bertz CT molecular complexity index is 1460. The van der Waals surface area contributed by atoms with Crippen LogP contribution in [0.25, 0.3) is 22.3 Å². The van der Waals surface area contributed by atoms with E-state index in [1.54, 1.807) is 19.2 Å². The van der Waals surface area contributed by atoms with Gasteiger partial charge in [-0.15, -0.1) is 0 Å². The van der Waals surface area contributed by atoms with E-state index in [4.69, 9.17) is 24.9 Å². The van der Waals surface area contributed by atoms with Gasteiger partial charge in [0.05, 0.1) is 25.0 Å². The maximum atomic E-state index is 11.2. The number of nitrogens with one attached hydrogen (secondary N) is 1. The van der Waals surface area contributed by atoms with Crippen molar-refractivity contribution in [2.45, 2.75) is 13.0 Å². The van der Waals surface area contributed by atoms with Gasteiger partial charge in [0, 0.05) is 29.8 Å². The zero-order chi connectivity index (χ0) is 27.0. The zero-order valence-corrected chi connectivity index (χ0v) is 22.3. The highest BCUT2D eigenvalue weighted by atomic mass is 32.2. The van der Waals surface area contributed by atoms with Gasteiger partial charge in [0.15, 0.2) is 17.3 Å². The SMILES string of the molecule is COc1cc2nc(-c3ccc(OCc4ccccc4)cc3)nc(N)c2cc1OCCCNCCS(C)(=O)=O. The third-order valence-corrected chi connectivity index (χ3v) is 6.72. The molecule has 3 aromatic carbocycles. The van der Waals surface area contributed by atoms with Gasteiger partial charge in [0.2, 0.25) is 0 Å². The molecule has 0 amide bonds. The fourth-order valence-corrected chi connectivity index (χ4v) is 4.28. The zero-order valence-electron chi connectivity index (χ0n) is 21.5. The van der Waals surface area contributed by atoms with Gasteiger partial charge in [-0.25, -0.2) is 18.4 Å². The number of nitrogen functional groups attached to an aromatic ring is 1. The maximum absolute atomic E-state index is 11.2. The average Bonchev–Trinajstić information content (AvgIpc) is 2.91. The van der Waals surface area contributed by atoms with E-state index >= 15 is 0 Å². The van der Waals surface area contributed by atoms with Crippen molar-refractivity contribution in [3.8, 4) is 28.6 Å². The Morgan fingerprint density at radius 1 is 0.921 bits per heavy atom. The van der Waals surface area contributed by atoms with Gasteiger partial charge in [-0.3, -0.25) is 0 Å². The molecule has 0 aliphatic heterocycles. The summed E-state index contributed by atoms with van der Waals surface area (Å²) in [4.78, 5) is 9.21. The first-order valence-corrected chi connectivity index (χ1v) is 14.3. The molecule has 3 N–H and O–H groups in total. The second-order valence-corrected chi connectivity index (χ2v) is 11.1. The van der Waals surface area contributed by atoms with E-state index in [9.17, 15) is 8.42 Å². The number of benzene rings is 3. The summed E-state index contributed by atoms with van der Waals surface area (Å²) in [5.74, 6) is 2.78. The summed E-state index contributed by atoms with van der Waals surface area (Å²) in [7, 11) is -1.40. The predicted molar refractivity (Wildman–Crippen MR) is 149 cm³/mol. The third kappa shape index (κ3) is 7.56. The van der Waals surface area contributed by atoms with E-state index < -0.39 is 9.84 Å². The minimum absolute atomic E-state index is 0.111.